The van der Waals surface area contributed by atoms with Crippen molar-refractivity contribution in [2.24, 2.45) is 5.14 Å². The van der Waals surface area contributed by atoms with E-state index in [9.17, 15) is 18.5 Å². The van der Waals surface area contributed by atoms with Crippen LogP contribution in [0.25, 0.3) is 0 Å². The fraction of sp³-hybridized carbons (Fsp3) is 0.267. The number of nitro groups is 1. The maximum Gasteiger partial charge on any atom is 0.293 e. The molecule has 0 saturated carbocycles. The predicted molar refractivity (Wildman–Crippen MR) is 90.1 cm³/mol. The molecule has 24 heavy (non-hydrogen) atoms. The van der Waals surface area contributed by atoms with Crippen molar-refractivity contribution in [1.29, 1.82) is 0 Å². The molecular weight excluding hydrogens is 332 g/mol. The first-order chi connectivity index (χ1) is 11.3. The van der Waals surface area contributed by atoms with Gasteiger partial charge in [-0.25, -0.2) is 13.6 Å². The molecule has 0 saturated heterocycles. The summed E-state index contributed by atoms with van der Waals surface area (Å²) in [7, 11) is -4.01. The SMILES string of the molecule is CCN(c1ccc(S(N)(=O)=O)cc1[N+](=O)[O-])C(C)c1cccnc1. The molecule has 8 nitrogen and oxygen atoms in total. The molecule has 128 valence electrons. The third-order valence-electron chi connectivity index (χ3n) is 3.76. The Balaban J connectivity index is 2.54. The van der Waals surface area contributed by atoms with Gasteiger partial charge >= 0.3 is 0 Å². The Morgan fingerprint density at radius 2 is 2.08 bits per heavy atom. The summed E-state index contributed by atoms with van der Waals surface area (Å²) in [6.07, 6.45) is 3.34. The van der Waals surface area contributed by atoms with Gasteiger partial charge in [0.15, 0.2) is 0 Å². The van der Waals surface area contributed by atoms with E-state index in [2.05, 4.69) is 4.98 Å². The van der Waals surface area contributed by atoms with E-state index in [-0.39, 0.29) is 16.6 Å². The molecule has 0 aliphatic carbocycles. The van der Waals surface area contributed by atoms with Crippen molar-refractivity contribution >= 4 is 21.4 Å². The number of primary sulfonamides is 1. The summed E-state index contributed by atoms with van der Waals surface area (Å²) in [5, 5.41) is 16.5. The molecule has 0 radical (unpaired) electrons. The molecule has 2 rings (SSSR count). The van der Waals surface area contributed by atoms with E-state index >= 15 is 0 Å². The lowest BCUT2D eigenvalue weighted by Crippen LogP contribution is -2.27. The highest BCUT2D eigenvalue weighted by molar-refractivity contribution is 7.89. The van der Waals surface area contributed by atoms with Crippen LogP contribution in [0.4, 0.5) is 11.4 Å². The minimum absolute atomic E-state index is 0.178. The molecule has 0 aliphatic heterocycles. The van der Waals surface area contributed by atoms with E-state index in [1.165, 1.54) is 12.1 Å². The van der Waals surface area contributed by atoms with Gasteiger partial charge in [-0.1, -0.05) is 6.07 Å². The van der Waals surface area contributed by atoms with Crippen molar-refractivity contribution in [3.63, 3.8) is 0 Å². The van der Waals surface area contributed by atoms with Gasteiger partial charge in [0.1, 0.15) is 5.69 Å². The summed E-state index contributed by atoms with van der Waals surface area (Å²) in [5.74, 6) is 0. The molecule has 0 amide bonds. The Kier molecular flexibility index (Phi) is 5.15. The fourth-order valence-corrected chi connectivity index (χ4v) is 3.06. The first-order valence-corrected chi connectivity index (χ1v) is 8.78. The van der Waals surface area contributed by atoms with Crippen molar-refractivity contribution in [3.05, 3.63) is 58.4 Å². The summed E-state index contributed by atoms with van der Waals surface area (Å²) < 4.78 is 22.9. The second-order valence-corrected chi connectivity index (χ2v) is 6.76. The smallest absolute Gasteiger partial charge is 0.293 e. The van der Waals surface area contributed by atoms with Crippen molar-refractivity contribution in [2.45, 2.75) is 24.8 Å². The van der Waals surface area contributed by atoms with Crippen molar-refractivity contribution in [2.75, 3.05) is 11.4 Å². The van der Waals surface area contributed by atoms with Gasteiger partial charge in [0.25, 0.3) is 5.69 Å². The average molecular weight is 350 g/mol. The van der Waals surface area contributed by atoms with Crippen LogP contribution in [-0.2, 0) is 10.0 Å². The van der Waals surface area contributed by atoms with Crippen LogP contribution in [-0.4, -0.2) is 24.9 Å². The first-order valence-electron chi connectivity index (χ1n) is 7.23. The highest BCUT2D eigenvalue weighted by Crippen LogP contribution is 2.35. The van der Waals surface area contributed by atoms with Crippen LogP contribution in [0.3, 0.4) is 0 Å². The molecule has 0 aliphatic rings. The predicted octanol–water partition coefficient (Wildman–Crippen LogP) is 2.22. The van der Waals surface area contributed by atoms with Crippen LogP contribution in [0.15, 0.2) is 47.6 Å². The summed E-state index contributed by atoms with van der Waals surface area (Å²) in [6.45, 7) is 4.26. The zero-order valence-corrected chi connectivity index (χ0v) is 14.1. The molecule has 1 unspecified atom stereocenters. The normalized spacial score (nSPS) is 12.6. The number of aromatic nitrogens is 1. The topological polar surface area (TPSA) is 119 Å². The maximum absolute atomic E-state index is 11.4. The van der Waals surface area contributed by atoms with Crippen LogP contribution in [0.2, 0.25) is 0 Å². The monoisotopic (exact) mass is 350 g/mol. The molecule has 0 bridgehead atoms. The minimum Gasteiger partial charge on any atom is -0.359 e. The number of hydrogen-bond donors (Lipinski definition) is 1. The van der Waals surface area contributed by atoms with Gasteiger partial charge in [-0.3, -0.25) is 15.1 Å². The number of anilines is 1. The first kappa shape index (κ1) is 17.8. The number of rotatable bonds is 6. The highest BCUT2D eigenvalue weighted by Gasteiger charge is 2.25. The van der Waals surface area contributed by atoms with Crippen LogP contribution in [0, 0.1) is 10.1 Å². The molecule has 0 fully saturated rings. The number of nitro benzene ring substituents is 1. The van der Waals surface area contributed by atoms with E-state index in [0.29, 0.717) is 12.2 Å². The lowest BCUT2D eigenvalue weighted by molar-refractivity contribution is -0.384. The maximum atomic E-state index is 11.4. The molecule has 1 atom stereocenters. The van der Waals surface area contributed by atoms with Crippen molar-refractivity contribution in [1.82, 2.24) is 4.98 Å². The minimum atomic E-state index is -4.01. The largest absolute Gasteiger partial charge is 0.359 e. The van der Waals surface area contributed by atoms with E-state index in [1.807, 2.05) is 24.8 Å². The molecule has 0 spiro atoms. The molecule has 2 aromatic rings. The van der Waals surface area contributed by atoms with Crippen molar-refractivity contribution < 1.29 is 13.3 Å². The summed E-state index contributed by atoms with van der Waals surface area (Å²) in [4.78, 5) is 16.4. The quantitative estimate of drug-likeness (QED) is 0.630. The number of sulfonamides is 1. The molecule has 1 heterocycles. The number of nitrogens with two attached hydrogens (primary N) is 1. The van der Waals surface area contributed by atoms with Crippen LogP contribution in [0.1, 0.15) is 25.5 Å². The second kappa shape index (κ2) is 6.93. The number of hydrogen-bond acceptors (Lipinski definition) is 6. The van der Waals surface area contributed by atoms with Crippen LogP contribution < -0.4 is 10.0 Å². The van der Waals surface area contributed by atoms with E-state index in [1.54, 1.807) is 18.5 Å². The molecule has 2 N–H and O–H groups in total. The average Bonchev–Trinajstić information content (AvgIpc) is 2.55. The van der Waals surface area contributed by atoms with Crippen molar-refractivity contribution in [3.8, 4) is 0 Å². The standard InChI is InChI=1S/C15H18N4O4S/c1-3-18(11(2)12-5-4-8-17-10-12)14-7-6-13(24(16,22)23)9-15(14)19(20)21/h4-11H,3H2,1-2H3,(H2,16,22,23). The zero-order valence-electron chi connectivity index (χ0n) is 13.3. The lowest BCUT2D eigenvalue weighted by atomic mass is 10.1. The summed E-state index contributed by atoms with van der Waals surface area (Å²) in [6, 6.07) is 7.17. The summed E-state index contributed by atoms with van der Waals surface area (Å²) in [5.41, 5.74) is 0.912. The van der Waals surface area contributed by atoms with Gasteiger partial charge in [-0.15, -0.1) is 0 Å². The molecule has 9 heteroatoms. The number of nitrogens with zero attached hydrogens (tertiary/aromatic N) is 3. The van der Waals surface area contributed by atoms with Gasteiger partial charge < -0.3 is 4.90 Å². The Morgan fingerprint density at radius 3 is 2.58 bits per heavy atom. The third kappa shape index (κ3) is 3.69. The van der Waals surface area contributed by atoms with Gasteiger partial charge in [0.2, 0.25) is 10.0 Å². The van der Waals surface area contributed by atoms with Crippen LogP contribution >= 0.6 is 0 Å². The number of pyridine rings is 1. The van der Waals surface area contributed by atoms with Gasteiger partial charge in [-0.2, -0.15) is 0 Å². The Bertz CT molecular complexity index is 840. The van der Waals surface area contributed by atoms with Crippen LogP contribution in [0.5, 0.6) is 0 Å². The Hall–Kier alpha value is -2.52. The van der Waals surface area contributed by atoms with E-state index < -0.39 is 14.9 Å². The van der Waals surface area contributed by atoms with Gasteiger partial charge in [0, 0.05) is 25.0 Å². The third-order valence-corrected chi connectivity index (χ3v) is 4.67. The fourth-order valence-electron chi connectivity index (χ4n) is 2.53. The van der Waals surface area contributed by atoms with Gasteiger partial charge in [-0.05, 0) is 37.6 Å². The van der Waals surface area contributed by atoms with Gasteiger partial charge in [0.05, 0.1) is 15.9 Å². The van der Waals surface area contributed by atoms with E-state index in [4.69, 9.17) is 5.14 Å². The Morgan fingerprint density at radius 1 is 1.38 bits per heavy atom. The highest BCUT2D eigenvalue weighted by atomic mass is 32.2. The zero-order chi connectivity index (χ0) is 17.9. The lowest BCUT2D eigenvalue weighted by Gasteiger charge is -2.30. The molecular formula is C15H18N4O4S. The molecule has 1 aromatic carbocycles. The summed E-state index contributed by atoms with van der Waals surface area (Å²) >= 11 is 0. The van der Waals surface area contributed by atoms with E-state index in [0.717, 1.165) is 11.6 Å². The molecule has 1 aromatic heterocycles. The Labute approximate surface area is 140 Å². The number of benzene rings is 1. The second-order valence-electron chi connectivity index (χ2n) is 5.20.